The Kier molecular flexibility index (Phi) is 6.41. The molecular formula is C23H21ClN6O3. The maximum Gasteiger partial charge on any atom is 0.354 e. The highest BCUT2D eigenvalue weighted by molar-refractivity contribution is 6.30. The van der Waals surface area contributed by atoms with Crippen molar-refractivity contribution >= 4 is 29.1 Å². The topological polar surface area (TPSA) is 117 Å². The molecule has 0 saturated heterocycles. The molecule has 0 bridgehead atoms. The molecule has 0 aliphatic heterocycles. The average Bonchev–Trinajstić information content (AvgIpc) is 2.79. The standard InChI is InChI=1S/C23H21ClN6O3/c1-2-29-22(31)28-21(30(23(29)32)14-15-6-8-16(24)9-7-15)26-17-10-12-18(13-11-17)33-20-5-3-4-19(25)27-20/h3-13H,2,14H2,1H3,(H2,25,27)(H,26,28,31). The fraction of sp³-hybridized carbons (Fsp3) is 0.130. The summed E-state index contributed by atoms with van der Waals surface area (Å²) in [5.41, 5.74) is 6.06. The Hall–Kier alpha value is -4.11. The van der Waals surface area contributed by atoms with Crippen LogP contribution in [0.25, 0.3) is 0 Å². The van der Waals surface area contributed by atoms with E-state index in [1.165, 1.54) is 4.57 Å². The lowest BCUT2D eigenvalue weighted by molar-refractivity contribution is 0.464. The van der Waals surface area contributed by atoms with Crippen LogP contribution in [0, 0.1) is 0 Å². The molecule has 0 atom stereocenters. The predicted octanol–water partition coefficient (Wildman–Crippen LogP) is 3.64. The van der Waals surface area contributed by atoms with Gasteiger partial charge in [0.1, 0.15) is 11.6 Å². The van der Waals surface area contributed by atoms with Crippen LogP contribution in [0.3, 0.4) is 0 Å². The second kappa shape index (κ2) is 9.58. The Morgan fingerprint density at radius 3 is 2.36 bits per heavy atom. The van der Waals surface area contributed by atoms with Gasteiger partial charge in [-0.05, 0) is 55.0 Å². The van der Waals surface area contributed by atoms with E-state index in [-0.39, 0.29) is 19.0 Å². The van der Waals surface area contributed by atoms with Crippen molar-refractivity contribution in [1.82, 2.24) is 19.1 Å². The Morgan fingerprint density at radius 2 is 1.70 bits per heavy atom. The van der Waals surface area contributed by atoms with Gasteiger partial charge >= 0.3 is 11.4 Å². The Balaban J connectivity index is 1.62. The number of halogens is 1. The number of benzene rings is 2. The number of rotatable bonds is 7. The Bertz CT molecular complexity index is 1380. The Labute approximate surface area is 194 Å². The first kappa shape index (κ1) is 22.1. The number of nitrogens with zero attached hydrogens (tertiary/aromatic N) is 4. The molecule has 0 radical (unpaired) electrons. The molecule has 2 aromatic heterocycles. The van der Waals surface area contributed by atoms with Gasteiger partial charge in [0.15, 0.2) is 0 Å². The highest BCUT2D eigenvalue weighted by atomic mass is 35.5. The molecule has 0 spiro atoms. The molecule has 168 valence electrons. The quantitative estimate of drug-likeness (QED) is 0.428. The van der Waals surface area contributed by atoms with Crippen LogP contribution in [-0.4, -0.2) is 19.1 Å². The van der Waals surface area contributed by atoms with Gasteiger partial charge in [-0.1, -0.05) is 29.8 Å². The maximum atomic E-state index is 13.0. The second-order valence-corrected chi connectivity index (χ2v) is 7.55. The van der Waals surface area contributed by atoms with Crippen LogP contribution < -0.4 is 27.2 Å². The first-order chi connectivity index (χ1) is 15.9. The normalized spacial score (nSPS) is 10.7. The number of aromatic nitrogens is 4. The number of pyridine rings is 1. The van der Waals surface area contributed by atoms with E-state index in [2.05, 4.69) is 15.3 Å². The summed E-state index contributed by atoms with van der Waals surface area (Å²) in [6.07, 6.45) is 0. The minimum Gasteiger partial charge on any atom is -0.439 e. The van der Waals surface area contributed by atoms with E-state index in [1.807, 2.05) is 12.1 Å². The summed E-state index contributed by atoms with van der Waals surface area (Å²) in [4.78, 5) is 33.5. The molecule has 4 rings (SSSR count). The number of hydrogen-bond donors (Lipinski definition) is 2. The molecule has 0 aliphatic carbocycles. The highest BCUT2D eigenvalue weighted by Gasteiger charge is 2.13. The summed E-state index contributed by atoms with van der Waals surface area (Å²) >= 11 is 5.97. The summed E-state index contributed by atoms with van der Waals surface area (Å²) in [7, 11) is 0. The van der Waals surface area contributed by atoms with E-state index in [4.69, 9.17) is 22.1 Å². The smallest absolute Gasteiger partial charge is 0.354 e. The van der Waals surface area contributed by atoms with Crippen LogP contribution in [0.4, 0.5) is 17.5 Å². The molecule has 4 aromatic rings. The first-order valence-electron chi connectivity index (χ1n) is 10.2. The van der Waals surface area contributed by atoms with Crippen LogP contribution >= 0.6 is 11.6 Å². The van der Waals surface area contributed by atoms with Gasteiger partial charge in [0.05, 0.1) is 6.54 Å². The molecule has 0 amide bonds. The summed E-state index contributed by atoms with van der Waals surface area (Å²) in [5.74, 6) is 1.41. The number of nitrogens with one attached hydrogen (secondary N) is 1. The van der Waals surface area contributed by atoms with E-state index in [0.717, 1.165) is 10.1 Å². The van der Waals surface area contributed by atoms with Crippen molar-refractivity contribution < 1.29 is 4.74 Å². The first-order valence-corrected chi connectivity index (χ1v) is 10.5. The zero-order valence-corrected chi connectivity index (χ0v) is 18.5. The van der Waals surface area contributed by atoms with Gasteiger partial charge in [0.25, 0.3) is 0 Å². The van der Waals surface area contributed by atoms with Crippen molar-refractivity contribution in [3.8, 4) is 11.6 Å². The summed E-state index contributed by atoms with van der Waals surface area (Å²) in [5, 5.41) is 3.65. The van der Waals surface area contributed by atoms with E-state index in [1.54, 1.807) is 61.5 Å². The van der Waals surface area contributed by atoms with Crippen LogP contribution in [0.2, 0.25) is 5.02 Å². The molecule has 3 N–H and O–H groups in total. The third kappa shape index (κ3) is 5.21. The lowest BCUT2D eigenvalue weighted by Gasteiger charge is -2.15. The van der Waals surface area contributed by atoms with Gasteiger partial charge in [-0.2, -0.15) is 9.97 Å². The number of nitrogens with two attached hydrogens (primary N) is 1. The van der Waals surface area contributed by atoms with E-state index < -0.39 is 11.4 Å². The number of ether oxygens (including phenoxy) is 1. The largest absolute Gasteiger partial charge is 0.439 e. The fourth-order valence-electron chi connectivity index (χ4n) is 3.15. The number of hydrogen-bond acceptors (Lipinski definition) is 7. The zero-order valence-electron chi connectivity index (χ0n) is 17.7. The summed E-state index contributed by atoms with van der Waals surface area (Å²) < 4.78 is 8.18. The third-order valence-electron chi connectivity index (χ3n) is 4.80. The van der Waals surface area contributed by atoms with Crippen molar-refractivity contribution in [1.29, 1.82) is 0 Å². The molecule has 0 saturated carbocycles. The molecule has 10 heteroatoms. The molecule has 0 fully saturated rings. The van der Waals surface area contributed by atoms with Crippen molar-refractivity contribution in [2.45, 2.75) is 20.0 Å². The van der Waals surface area contributed by atoms with Gasteiger partial charge in [0.2, 0.25) is 11.8 Å². The molecule has 9 nitrogen and oxygen atoms in total. The average molecular weight is 465 g/mol. The molecular weight excluding hydrogens is 444 g/mol. The lowest BCUT2D eigenvalue weighted by atomic mass is 10.2. The summed E-state index contributed by atoms with van der Waals surface area (Å²) in [6, 6.07) is 19.2. The number of nitrogen functional groups attached to an aromatic ring is 1. The van der Waals surface area contributed by atoms with E-state index >= 15 is 0 Å². The lowest BCUT2D eigenvalue weighted by Crippen LogP contribution is -2.42. The minimum atomic E-state index is -0.620. The van der Waals surface area contributed by atoms with E-state index in [0.29, 0.717) is 28.2 Å². The van der Waals surface area contributed by atoms with Crippen molar-refractivity contribution in [2.75, 3.05) is 11.1 Å². The second-order valence-electron chi connectivity index (χ2n) is 7.11. The van der Waals surface area contributed by atoms with Crippen molar-refractivity contribution in [2.24, 2.45) is 0 Å². The summed E-state index contributed by atoms with van der Waals surface area (Å²) in [6.45, 7) is 2.15. The van der Waals surface area contributed by atoms with Crippen molar-refractivity contribution in [3.05, 3.63) is 98.3 Å². The van der Waals surface area contributed by atoms with Gasteiger partial charge < -0.3 is 15.8 Å². The van der Waals surface area contributed by atoms with Crippen LogP contribution in [0.15, 0.2) is 76.3 Å². The van der Waals surface area contributed by atoms with Gasteiger partial charge in [0, 0.05) is 23.3 Å². The van der Waals surface area contributed by atoms with Crippen molar-refractivity contribution in [3.63, 3.8) is 0 Å². The monoisotopic (exact) mass is 464 g/mol. The molecule has 0 unspecified atom stereocenters. The molecule has 33 heavy (non-hydrogen) atoms. The van der Waals surface area contributed by atoms with Gasteiger partial charge in [-0.25, -0.2) is 14.2 Å². The fourth-order valence-corrected chi connectivity index (χ4v) is 3.28. The highest BCUT2D eigenvalue weighted by Crippen LogP contribution is 2.23. The van der Waals surface area contributed by atoms with Crippen LogP contribution in [0.1, 0.15) is 12.5 Å². The number of anilines is 3. The molecule has 0 aliphatic rings. The third-order valence-corrected chi connectivity index (χ3v) is 5.05. The molecule has 2 heterocycles. The van der Waals surface area contributed by atoms with Gasteiger partial charge in [-0.15, -0.1) is 0 Å². The van der Waals surface area contributed by atoms with Crippen LogP contribution in [0.5, 0.6) is 11.6 Å². The van der Waals surface area contributed by atoms with Crippen LogP contribution in [-0.2, 0) is 13.1 Å². The SMILES string of the molecule is CCn1c(=O)nc(Nc2ccc(Oc3cccc(N)n3)cc2)n(Cc2ccc(Cl)cc2)c1=O. The van der Waals surface area contributed by atoms with E-state index in [9.17, 15) is 9.59 Å². The zero-order chi connectivity index (χ0) is 23.4. The minimum absolute atomic E-state index is 0.135. The van der Waals surface area contributed by atoms with Gasteiger partial charge in [-0.3, -0.25) is 4.57 Å². The molecule has 2 aromatic carbocycles. The Morgan fingerprint density at radius 1 is 0.970 bits per heavy atom. The maximum absolute atomic E-state index is 13.0. The predicted molar refractivity (Wildman–Crippen MR) is 127 cm³/mol.